The molecule has 3 heteroatoms. The van der Waals surface area contributed by atoms with Crippen molar-refractivity contribution in [1.82, 2.24) is 0 Å². The van der Waals surface area contributed by atoms with Gasteiger partial charge in [-0.3, -0.25) is 0 Å². The van der Waals surface area contributed by atoms with E-state index >= 15 is 0 Å². The molecule has 0 saturated heterocycles. The molecule has 0 aromatic heterocycles. The van der Waals surface area contributed by atoms with E-state index in [2.05, 4.69) is 150 Å². The summed E-state index contributed by atoms with van der Waals surface area (Å²) in [6, 6.07) is 43.8. The number of halogens is 2. The van der Waals surface area contributed by atoms with Crippen LogP contribution in [0.25, 0.3) is 11.1 Å². The van der Waals surface area contributed by atoms with Crippen molar-refractivity contribution in [3.8, 4) is 11.1 Å². The summed E-state index contributed by atoms with van der Waals surface area (Å²) in [4.78, 5) is 0. The van der Waals surface area contributed by atoms with Crippen molar-refractivity contribution in [1.29, 1.82) is 0 Å². The fourth-order valence-corrected chi connectivity index (χ4v) is 5.80. The van der Waals surface area contributed by atoms with Gasteiger partial charge in [0.1, 0.15) is 0 Å². The van der Waals surface area contributed by atoms with Crippen LogP contribution in [0.4, 0.5) is 0 Å². The summed E-state index contributed by atoms with van der Waals surface area (Å²) in [5, 5.41) is 0. The van der Waals surface area contributed by atoms with Crippen LogP contribution >= 0.6 is 0 Å². The average Bonchev–Trinajstić information content (AvgIpc) is 3.49. The van der Waals surface area contributed by atoms with Gasteiger partial charge in [-0.1, -0.05) is 75.4 Å². The standard InChI is InChI=1S/C13H9.C13H10.C11H17.2ClH.Zr/c1-3-7-12-10(5-1)9-11-6-2-4-8-13(11)12;1-3-7-12(8-4-1)11-13-9-5-2-6-10-13;1-8-6-9(2)10(7-8)11(3,4)5;;;/h1-5,7-8H,9H2;1-10H;6-7H,1-5H3;2*1H;/q-1;;-1;;;+2/p-2. The first kappa shape index (κ1) is 33.8. The summed E-state index contributed by atoms with van der Waals surface area (Å²) in [6.45, 7) is 11.1. The summed E-state index contributed by atoms with van der Waals surface area (Å²) in [7, 11) is 0. The molecule has 5 aromatic carbocycles. The van der Waals surface area contributed by atoms with Gasteiger partial charge in [-0.05, 0) is 6.42 Å². The van der Waals surface area contributed by atoms with Crippen molar-refractivity contribution in [3.63, 3.8) is 0 Å². The Morgan fingerprint density at radius 2 is 1.25 bits per heavy atom. The van der Waals surface area contributed by atoms with Crippen LogP contribution in [0.2, 0.25) is 0 Å². The van der Waals surface area contributed by atoms with Gasteiger partial charge in [-0.25, -0.2) is 6.07 Å². The molecule has 0 nitrogen and oxygen atoms in total. The van der Waals surface area contributed by atoms with Crippen molar-refractivity contribution >= 4 is 3.21 Å². The monoisotopic (exact) mass is 640 g/mol. The number of aryl methyl sites for hydroxylation is 2. The van der Waals surface area contributed by atoms with E-state index in [9.17, 15) is 0 Å². The van der Waals surface area contributed by atoms with Gasteiger partial charge in [0.2, 0.25) is 0 Å². The van der Waals surface area contributed by atoms with Gasteiger partial charge >= 0.3 is 99.2 Å². The Kier molecular flexibility index (Phi) is 13.1. The van der Waals surface area contributed by atoms with Gasteiger partial charge in [0.25, 0.3) is 0 Å². The van der Waals surface area contributed by atoms with Crippen molar-refractivity contribution < 1.29 is 49.0 Å². The van der Waals surface area contributed by atoms with Crippen LogP contribution in [0.1, 0.15) is 59.7 Å². The first-order chi connectivity index (χ1) is 18.2. The minimum atomic E-state index is 0. The van der Waals surface area contributed by atoms with E-state index in [-0.39, 0.29) is 24.8 Å². The molecular weight excluding hydrogens is 607 g/mol. The second kappa shape index (κ2) is 15.5. The van der Waals surface area contributed by atoms with Crippen LogP contribution in [-0.2, 0) is 36.1 Å². The zero-order valence-electron chi connectivity index (χ0n) is 23.9. The number of hydrogen-bond donors (Lipinski definition) is 0. The third-order valence-corrected chi connectivity index (χ3v) is 8.21. The number of hydrogen-bond acceptors (Lipinski definition) is 0. The molecule has 1 aliphatic rings. The van der Waals surface area contributed by atoms with Crippen molar-refractivity contribution in [2.45, 2.75) is 46.5 Å². The molecule has 0 bridgehead atoms. The third-order valence-electron chi connectivity index (χ3n) is 6.79. The molecule has 0 radical (unpaired) electrons. The van der Waals surface area contributed by atoms with E-state index in [1.54, 1.807) is 0 Å². The number of fused-ring (bicyclic) bond motifs is 3. The first-order valence-corrected chi connectivity index (χ1v) is 14.5. The molecule has 0 N–H and O–H groups in total. The molecule has 1 aliphatic carbocycles. The number of benzene rings is 4. The van der Waals surface area contributed by atoms with Crippen LogP contribution < -0.4 is 24.8 Å². The topological polar surface area (TPSA) is 0 Å². The Hall–Kier alpha value is -2.44. The van der Waals surface area contributed by atoms with Crippen LogP contribution in [0.15, 0.2) is 115 Å². The van der Waals surface area contributed by atoms with Gasteiger partial charge in [0.05, 0.1) is 0 Å². The van der Waals surface area contributed by atoms with Gasteiger partial charge in [0.15, 0.2) is 0 Å². The van der Waals surface area contributed by atoms with E-state index in [0.717, 1.165) is 6.42 Å². The second-order valence-electron chi connectivity index (χ2n) is 10.9. The zero-order chi connectivity index (χ0) is 27.1. The predicted molar refractivity (Wildman–Crippen MR) is 160 cm³/mol. The molecule has 204 valence electrons. The summed E-state index contributed by atoms with van der Waals surface area (Å²) in [6.07, 6.45) is 1.05. The molecule has 0 heterocycles. The van der Waals surface area contributed by atoms with E-state index < -0.39 is 0 Å². The molecule has 0 amide bonds. The van der Waals surface area contributed by atoms with Crippen LogP contribution in [0.3, 0.4) is 0 Å². The summed E-state index contributed by atoms with van der Waals surface area (Å²) < 4.78 is 1.42. The van der Waals surface area contributed by atoms with Gasteiger partial charge in [-0.2, -0.15) is 52.6 Å². The zero-order valence-corrected chi connectivity index (χ0v) is 27.9. The third kappa shape index (κ3) is 8.78. The van der Waals surface area contributed by atoms with Gasteiger partial charge < -0.3 is 24.8 Å². The van der Waals surface area contributed by atoms with Crippen LogP contribution in [-0.4, -0.2) is 3.21 Å². The molecule has 0 fully saturated rings. The molecule has 5 aromatic rings. The maximum absolute atomic E-state index is 3.30. The van der Waals surface area contributed by atoms with Crippen molar-refractivity contribution in [2.75, 3.05) is 0 Å². The predicted octanol–water partition coefficient (Wildman–Crippen LogP) is 3.19. The molecule has 0 saturated carbocycles. The quantitative estimate of drug-likeness (QED) is 0.255. The fraction of sp³-hybridized carbons (Fsp3) is 0.189. The Morgan fingerprint density at radius 1 is 0.725 bits per heavy atom. The molecule has 6 rings (SSSR count). The maximum Gasteiger partial charge on any atom is -0.0253 e. The Labute approximate surface area is 268 Å². The Morgan fingerprint density at radius 3 is 1.75 bits per heavy atom. The minimum absolute atomic E-state index is 0. The molecule has 40 heavy (non-hydrogen) atoms. The smallest absolute Gasteiger partial charge is 0.0253 e. The molecule has 0 spiro atoms. The van der Waals surface area contributed by atoms with Gasteiger partial charge in [-0.15, -0.1) is 5.56 Å². The number of rotatable bonds is 2. The second-order valence-corrected chi connectivity index (χ2v) is 12.1. The summed E-state index contributed by atoms with van der Waals surface area (Å²) >= 11 is 1.46. The van der Waals surface area contributed by atoms with E-state index in [1.165, 1.54) is 77.5 Å². The van der Waals surface area contributed by atoms with Crippen LogP contribution in [0.5, 0.6) is 0 Å². The summed E-state index contributed by atoms with van der Waals surface area (Å²) in [5.41, 5.74) is 12.8. The van der Waals surface area contributed by atoms with E-state index in [1.807, 2.05) is 6.07 Å². The Balaban J connectivity index is 0.000000207. The first-order valence-electron chi connectivity index (χ1n) is 13.3. The summed E-state index contributed by atoms with van der Waals surface area (Å²) in [5.74, 6) is 0. The van der Waals surface area contributed by atoms with E-state index in [4.69, 9.17) is 0 Å². The van der Waals surface area contributed by atoms with Crippen molar-refractivity contribution in [3.05, 3.63) is 160 Å². The fourth-order valence-electron chi connectivity index (χ4n) is 4.98. The van der Waals surface area contributed by atoms with E-state index in [0.29, 0.717) is 5.41 Å². The molecule has 0 unspecified atom stereocenters. The average molecular weight is 643 g/mol. The molecule has 0 aliphatic heterocycles. The van der Waals surface area contributed by atoms with Gasteiger partial charge in [0, 0.05) is 0 Å². The largest absolute Gasteiger partial charge is 0.179 e. The SMILES string of the molecule is Cc1cc(C(C)(C)C)c(C)[cH-]1.[Cl-].[Cl-].[Zr+2]=[C](c1ccccc1)c1ccccc1.[c-]1cccc2c1Cc1ccccc1-2. The Bertz CT molecular complexity index is 1410. The molecule has 0 atom stereocenters. The normalized spacial score (nSPS) is 10.8. The van der Waals surface area contributed by atoms with Crippen LogP contribution in [0, 0.1) is 19.9 Å². The van der Waals surface area contributed by atoms with Crippen molar-refractivity contribution in [2.24, 2.45) is 0 Å². The maximum atomic E-state index is 3.30. The minimum Gasteiger partial charge on any atom is -0.179 e. The molecular formula is C37H36Cl2Zr-2.